The zero-order valence-electron chi connectivity index (χ0n) is 27.0. The molecular formula is C39H44BrN5O2. The average Bonchev–Trinajstić information content (AvgIpc) is 3.81. The molecule has 7 nitrogen and oxygen atoms in total. The third-order valence-electron chi connectivity index (χ3n) is 9.09. The maximum absolute atomic E-state index is 12.6. The number of aromatic nitrogens is 1. The van der Waals surface area contributed by atoms with E-state index in [1.54, 1.807) is 0 Å². The van der Waals surface area contributed by atoms with Crippen molar-refractivity contribution in [2.45, 2.75) is 51.4 Å². The van der Waals surface area contributed by atoms with Crippen LogP contribution >= 0.6 is 15.9 Å². The zero-order valence-corrected chi connectivity index (χ0v) is 28.6. The SMILES string of the molecule is O=C(CCCN1CCCC1)Nc1ccc(-c2cc(-c3ccc(Br)cc3)cc(-c3ccc(NC(=O)CCCN4CCCC4)cc3)n2)cc1. The van der Waals surface area contributed by atoms with Crippen molar-refractivity contribution in [1.82, 2.24) is 14.8 Å². The number of pyridine rings is 1. The molecule has 244 valence electrons. The minimum Gasteiger partial charge on any atom is -0.326 e. The first kappa shape index (κ1) is 33.1. The van der Waals surface area contributed by atoms with E-state index >= 15 is 0 Å². The number of hydrogen-bond acceptors (Lipinski definition) is 5. The standard InChI is InChI=1S/C39H44BrN5O2/c40-33-15-9-29(10-16-33)32-27-36(30-11-17-34(18-12-30)41-38(46)7-5-25-44-21-1-2-22-44)43-37(28-32)31-13-19-35(20-14-31)42-39(47)8-6-26-45-23-3-4-24-45/h9-20,27-28H,1-8,21-26H2,(H,41,46)(H,42,47). The molecule has 3 heterocycles. The Morgan fingerprint density at radius 3 is 1.40 bits per heavy atom. The fourth-order valence-electron chi connectivity index (χ4n) is 6.47. The van der Waals surface area contributed by atoms with E-state index in [0.717, 1.165) is 102 Å². The van der Waals surface area contributed by atoms with Gasteiger partial charge in [-0.15, -0.1) is 0 Å². The monoisotopic (exact) mass is 693 g/mol. The summed E-state index contributed by atoms with van der Waals surface area (Å²) in [5.74, 6) is 0.104. The van der Waals surface area contributed by atoms with Gasteiger partial charge in [-0.25, -0.2) is 4.98 Å². The van der Waals surface area contributed by atoms with Crippen LogP contribution in [0.3, 0.4) is 0 Å². The molecule has 3 aromatic carbocycles. The van der Waals surface area contributed by atoms with Gasteiger partial charge in [0.05, 0.1) is 11.4 Å². The predicted octanol–water partition coefficient (Wildman–Crippen LogP) is 8.47. The molecule has 1 aromatic heterocycles. The zero-order chi connectivity index (χ0) is 32.4. The Morgan fingerprint density at radius 1 is 0.574 bits per heavy atom. The van der Waals surface area contributed by atoms with Crippen LogP contribution < -0.4 is 10.6 Å². The number of nitrogens with zero attached hydrogens (tertiary/aromatic N) is 3. The molecule has 0 radical (unpaired) electrons. The highest BCUT2D eigenvalue weighted by Crippen LogP contribution is 2.32. The lowest BCUT2D eigenvalue weighted by Gasteiger charge is -2.14. The van der Waals surface area contributed by atoms with Crippen LogP contribution in [0.1, 0.15) is 51.4 Å². The van der Waals surface area contributed by atoms with Gasteiger partial charge in [-0.1, -0.05) is 52.3 Å². The highest BCUT2D eigenvalue weighted by Gasteiger charge is 2.14. The second-order valence-electron chi connectivity index (χ2n) is 12.7. The van der Waals surface area contributed by atoms with Crippen LogP contribution in [0, 0.1) is 0 Å². The fraction of sp³-hybridized carbons (Fsp3) is 0.359. The summed E-state index contributed by atoms with van der Waals surface area (Å²) in [5.41, 5.74) is 7.36. The number of hydrogen-bond donors (Lipinski definition) is 2. The Kier molecular flexibility index (Phi) is 11.5. The highest BCUT2D eigenvalue weighted by atomic mass is 79.9. The first-order chi connectivity index (χ1) is 23.0. The van der Waals surface area contributed by atoms with Gasteiger partial charge in [0, 0.05) is 39.8 Å². The van der Waals surface area contributed by atoms with Gasteiger partial charge < -0.3 is 20.4 Å². The van der Waals surface area contributed by atoms with Crippen molar-refractivity contribution < 1.29 is 9.59 Å². The molecule has 0 aliphatic carbocycles. The molecule has 0 atom stereocenters. The minimum absolute atomic E-state index is 0.0521. The van der Waals surface area contributed by atoms with E-state index in [4.69, 9.17) is 4.98 Å². The number of rotatable bonds is 13. The second-order valence-corrected chi connectivity index (χ2v) is 13.6. The van der Waals surface area contributed by atoms with Crippen LogP contribution in [-0.4, -0.2) is 65.9 Å². The first-order valence-electron chi connectivity index (χ1n) is 17.0. The van der Waals surface area contributed by atoms with Crippen LogP contribution in [0.4, 0.5) is 11.4 Å². The van der Waals surface area contributed by atoms with E-state index in [1.165, 1.54) is 25.7 Å². The lowest BCUT2D eigenvalue weighted by molar-refractivity contribution is -0.117. The molecule has 47 heavy (non-hydrogen) atoms. The van der Waals surface area contributed by atoms with Crippen molar-refractivity contribution in [3.8, 4) is 33.6 Å². The molecule has 2 N–H and O–H groups in total. The van der Waals surface area contributed by atoms with E-state index in [1.807, 2.05) is 60.7 Å². The lowest BCUT2D eigenvalue weighted by Crippen LogP contribution is -2.22. The Hall–Kier alpha value is -3.85. The number of benzene rings is 3. The Balaban J connectivity index is 1.14. The molecule has 6 rings (SSSR count). The molecule has 2 aliphatic heterocycles. The lowest BCUT2D eigenvalue weighted by atomic mass is 10.00. The smallest absolute Gasteiger partial charge is 0.224 e. The van der Waals surface area contributed by atoms with Crippen molar-refractivity contribution in [3.63, 3.8) is 0 Å². The number of halogens is 1. The third kappa shape index (κ3) is 9.60. The number of carbonyl (C=O) groups is 2. The van der Waals surface area contributed by atoms with E-state index in [0.29, 0.717) is 12.8 Å². The topological polar surface area (TPSA) is 77.6 Å². The molecule has 2 saturated heterocycles. The summed E-state index contributed by atoms with van der Waals surface area (Å²) in [4.78, 5) is 35.1. The van der Waals surface area contributed by atoms with Gasteiger partial charge in [0.1, 0.15) is 0 Å². The van der Waals surface area contributed by atoms with Crippen LogP contribution in [-0.2, 0) is 9.59 Å². The van der Waals surface area contributed by atoms with Crippen molar-refractivity contribution in [1.29, 1.82) is 0 Å². The number of carbonyl (C=O) groups excluding carboxylic acids is 2. The van der Waals surface area contributed by atoms with Crippen molar-refractivity contribution >= 4 is 39.1 Å². The maximum Gasteiger partial charge on any atom is 0.224 e. The molecule has 0 spiro atoms. The highest BCUT2D eigenvalue weighted by molar-refractivity contribution is 9.10. The van der Waals surface area contributed by atoms with Gasteiger partial charge in [-0.05, 0) is 137 Å². The van der Waals surface area contributed by atoms with Gasteiger partial charge in [0.15, 0.2) is 0 Å². The van der Waals surface area contributed by atoms with Gasteiger partial charge in [0.2, 0.25) is 11.8 Å². The molecule has 0 unspecified atom stereocenters. The summed E-state index contributed by atoms with van der Waals surface area (Å²) in [7, 11) is 0. The van der Waals surface area contributed by atoms with Crippen molar-refractivity contribution in [2.24, 2.45) is 0 Å². The molecule has 0 saturated carbocycles. The third-order valence-corrected chi connectivity index (χ3v) is 9.61. The second kappa shape index (κ2) is 16.3. The van der Waals surface area contributed by atoms with E-state index in [-0.39, 0.29) is 11.8 Å². The van der Waals surface area contributed by atoms with Crippen molar-refractivity contribution in [2.75, 3.05) is 49.9 Å². The average molecular weight is 695 g/mol. The van der Waals surface area contributed by atoms with E-state index < -0.39 is 0 Å². The van der Waals surface area contributed by atoms with Gasteiger partial charge in [0.25, 0.3) is 0 Å². The number of nitrogens with one attached hydrogen (secondary N) is 2. The molecule has 2 fully saturated rings. The largest absolute Gasteiger partial charge is 0.326 e. The summed E-state index contributed by atoms with van der Waals surface area (Å²) in [5, 5.41) is 6.11. The van der Waals surface area contributed by atoms with E-state index in [2.05, 4.69) is 60.6 Å². The fourth-order valence-corrected chi connectivity index (χ4v) is 6.73. The number of amides is 2. The Bertz CT molecular complexity index is 1530. The maximum atomic E-state index is 12.6. The minimum atomic E-state index is 0.0521. The quantitative estimate of drug-likeness (QED) is 0.147. The number of anilines is 2. The molecular weight excluding hydrogens is 650 g/mol. The van der Waals surface area contributed by atoms with Gasteiger partial charge in [-0.3, -0.25) is 9.59 Å². The Labute approximate surface area is 286 Å². The summed E-state index contributed by atoms with van der Waals surface area (Å²) < 4.78 is 1.03. The van der Waals surface area contributed by atoms with E-state index in [9.17, 15) is 9.59 Å². The molecule has 2 aliphatic rings. The summed E-state index contributed by atoms with van der Waals surface area (Å²) in [6, 6.07) is 28.3. The van der Waals surface area contributed by atoms with Crippen LogP contribution in [0.25, 0.3) is 33.6 Å². The predicted molar refractivity (Wildman–Crippen MR) is 195 cm³/mol. The normalized spacial score (nSPS) is 15.2. The van der Waals surface area contributed by atoms with Gasteiger partial charge in [-0.2, -0.15) is 0 Å². The van der Waals surface area contributed by atoms with Crippen LogP contribution in [0.5, 0.6) is 0 Å². The summed E-state index contributed by atoms with van der Waals surface area (Å²) in [6.45, 7) is 6.61. The summed E-state index contributed by atoms with van der Waals surface area (Å²) >= 11 is 3.55. The molecule has 8 heteroatoms. The van der Waals surface area contributed by atoms with Crippen LogP contribution in [0.2, 0.25) is 0 Å². The summed E-state index contributed by atoms with van der Waals surface area (Å²) in [6.07, 6.45) is 7.90. The number of likely N-dealkylation sites (tertiary alicyclic amines) is 2. The first-order valence-corrected chi connectivity index (χ1v) is 17.8. The Morgan fingerprint density at radius 2 is 0.979 bits per heavy atom. The molecule has 2 amide bonds. The van der Waals surface area contributed by atoms with Gasteiger partial charge >= 0.3 is 0 Å². The van der Waals surface area contributed by atoms with Crippen LogP contribution in [0.15, 0.2) is 89.4 Å². The molecule has 0 bridgehead atoms. The van der Waals surface area contributed by atoms with Crippen molar-refractivity contribution in [3.05, 3.63) is 89.4 Å². The molecule has 4 aromatic rings.